The molecule has 0 spiro atoms. The molecule has 0 aliphatic carbocycles. The maximum absolute atomic E-state index is 13.2. The molecule has 2 amide bonds. The molecule has 0 fully saturated rings. The standard InChI is InChI=1S/C21H16ClFN4O3S/c1-12-8-19-24-15(10-20(28)27(19)30-12)11-31-16-5-2-13(3-6-16)25-21(29)26-14-4-7-18(23)17(22)9-14/h2-10H,11H2,1H3,(H2,25,26,29). The fourth-order valence-electron chi connectivity index (χ4n) is 2.81. The number of hydrogen-bond donors (Lipinski definition) is 2. The third-order valence-electron chi connectivity index (χ3n) is 4.20. The average molecular weight is 459 g/mol. The molecule has 7 nitrogen and oxygen atoms in total. The molecule has 2 aromatic carbocycles. The number of nitrogens with one attached hydrogen (secondary N) is 2. The van der Waals surface area contributed by atoms with Gasteiger partial charge in [0.05, 0.1) is 10.7 Å². The monoisotopic (exact) mass is 458 g/mol. The van der Waals surface area contributed by atoms with Crippen molar-refractivity contribution in [1.29, 1.82) is 0 Å². The molecule has 4 aromatic rings. The lowest BCUT2D eigenvalue weighted by molar-refractivity contribution is 0.262. The fourth-order valence-corrected chi connectivity index (χ4v) is 3.78. The van der Waals surface area contributed by atoms with E-state index in [0.29, 0.717) is 34.2 Å². The fraction of sp³-hybridized carbons (Fsp3) is 0.0952. The Kier molecular flexibility index (Phi) is 5.97. The highest BCUT2D eigenvalue weighted by Gasteiger charge is 2.08. The minimum absolute atomic E-state index is 0.0709. The van der Waals surface area contributed by atoms with Gasteiger partial charge in [-0.25, -0.2) is 14.2 Å². The Labute approximate surface area is 185 Å². The normalized spacial score (nSPS) is 10.9. The highest BCUT2D eigenvalue weighted by molar-refractivity contribution is 7.98. The lowest BCUT2D eigenvalue weighted by atomic mass is 10.3. The Morgan fingerprint density at radius 3 is 2.58 bits per heavy atom. The van der Waals surface area contributed by atoms with E-state index in [2.05, 4.69) is 15.6 Å². The second-order valence-corrected chi connectivity index (χ2v) is 8.06. The second-order valence-electron chi connectivity index (χ2n) is 6.61. The molecule has 0 bridgehead atoms. The van der Waals surface area contributed by atoms with E-state index < -0.39 is 11.8 Å². The molecule has 0 radical (unpaired) electrons. The summed E-state index contributed by atoms with van der Waals surface area (Å²) in [5, 5.41) is 5.21. The van der Waals surface area contributed by atoms with Crippen LogP contribution in [0.3, 0.4) is 0 Å². The molecule has 10 heteroatoms. The number of fused-ring (bicyclic) bond motifs is 1. The maximum Gasteiger partial charge on any atom is 0.323 e. The van der Waals surface area contributed by atoms with Crippen molar-refractivity contribution in [2.75, 3.05) is 10.6 Å². The number of halogens is 2. The summed E-state index contributed by atoms with van der Waals surface area (Å²) in [6.07, 6.45) is 0. The summed E-state index contributed by atoms with van der Waals surface area (Å²) >= 11 is 7.22. The summed E-state index contributed by atoms with van der Waals surface area (Å²) in [5.74, 6) is 0.569. The van der Waals surface area contributed by atoms with Crippen LogP contribution in [-0.4, -0.2) is 15.6 Å². The van der Waals surface area contributed by atoms with E-state index in [1.165, 1.54) is 36.0 Å². The minimum Gasteiger partial charge on any atom is -0.375 e. The number of rotatable bonds is 5. The number of hydrogen-bond acceptors (Lipinski definition) is 5. The minimum atomic E-state index is -0.555. The van der Waals surface area contributed by atoms with E-state index in [-0.39, 0.29) is 10.6 Å². The van der Waals surface area contributed by atoms with Crippen LogP contribution in [0.15, 0.2) is 68.8 Å². The highest BCUT2D eigenvalue weighted by Crippen LogP contribution is 2.24. The van der Waals surface area contributed by atoms with Gasteiger partial charge in [-0.2, -0.15) is 0 Å². The van der Waals surface area contributed by atoms with Crippen molar-refractivity contribution >= 4 is 46.4 Å². The zero-order valence-electron chi connectivity index (χ0n) is 16.2. The number of thioether (sulfide) groups is 1. The summed E-state index contributed by atoms with van der Waals surface area (Å²) < 4.78 is 19.6. The van der Waals surface area contributed by atoms with Crippen LogP contribution in [-0.2, 0) is 5.75 Å². The zero-order chi connectivity index (χ0) is 22.0. The second kappa shape index (κ2) is 8.83. The van der Waals surface area contributed by atoms with Gasteiger partial charge < -0.3 is 15.2 Å². The summed E-state index contributed by atoms with van der Waals surface area (Å²) in [7, 11) is 0. The number of carbonyl (C=O) groups is 1. The van der Waals surface area contributed by atoms with Gasteiger partial charge in [0.25, 0.3) is 5.56 Å². The van der Waals surface area contributed by atoms with Crippen molar-refractivity contribution in [3.8, 4) is 0 Å². The number of carbonyl (C=O) groups excluding carboxylic acids is 1. The van der Waals surface area contributed by atoms with Gasteiger partial charge in [-0.3, -0.25) is 4.79 Å². The first kappa shape index (κ1) is 21.0. The van der Waals surface area contributed by atoms with E-state index in [1.807, 2.05) is 12.1 Å². The molecule has 2 aromatic heterocycles. The largest absolute Gasteiger partial charge is 0.375 e. The van der Waals surface area contributed by atoms with Crippen LogP contribution in [0, 0.1) is 12.7 Å². The van der Waals surface area contributed by atoms with E-state index in [4.69, 9.17) is 16.1 Å². The van der Waals surface area contributed by atoms with Crippen molar-refractivity contribution in [2.45, 2.75) is 17.6 Å². The predicted octanol–water partition coefficient (Wildman–Crippen LogP) is 5.32. The Bertz CT molecular complexity index is 1320. The lowest BCUT2D eigenvalue weighted by Crippen LogP contribution is -2.19. The molecule has 0 atom stereocenters. The van der Waals surface area contributed by atoms with Gasteiger partial charge in [0.15, 0.2) is 5.65 Å². The molecule has 2 heterocycles. The number of aryl methyl sites for hydroxylation is 1. The Morgan fingerprint density at radius 2 is 1.84 bits per heavy atom. The highest BCUT2D eigenvalue weighted by atomic mass is 35.5. The predicted molar refractivity (Wildman–Crippen MR) is 119 cm³/mol. The van der Waals surface area contributed by atoms with Gasteiger partial charge in [-0.05, 0) is 49.4 Å². The maximum atomic E-state index is 13.2. The zero-order valence-corrected chi connectivity index (χ0v) is 17.8. The first-order valence-corrected chi connectivity index (χ1v) is 10.5. The molecule has 0 saturated carbocycles. The van der Waals surface area contributed by atoms with E-state index in [1.54, 1.807) is 25.1 Å². The smallest absolute Gasteiger partial charge is 0.323 e. The van der Waals surface area contributed by atoms with Crippen molar-refractivity contribution in [3.63, 3.8) is 0 Å². The van der Waals surface area contributed by atoms with Crippen LogP contribution in [0.25, 0.3) is 5.65 Å². The third-order valence-corrected chi connectivity index (χ3v) is 5.54. The topological polar surface area (TPSA) is 88.6 Å². The van der Waals surface area contributed by atoms with Gasteiger partial charge >= 0.3 is 6.03 Å². The molecule has 0 unspecified atom stereocenters. The third kappa shape index (κ3) is 5.07. The number of amides is 2. The first-order chi connectivity index (χ1) is 14.9. The Hall–Kier alpha value is -3.30. The van der Waals surface area contributed by atoms with Gasteiger partial charge in [-0.1, -0.05) is 11.6 Å². The number of nitrogens with zero attached hydrogens (tertiary/aromatic N) is 2. The molecule has 2 N–H and O–H groups in total. The number of benzene rings is 2. The van der Waals surface area contributed by atoms with Crippen molar-refractivity contribution < 1.29 is 13.7 Å². The molecular formula is C21H16ClFN4O3S. The van der Waals surface area contributed by atoms with Gasteiger partial charge in [0.1, 0.15) is 11.6 Å². The molecule has 0 saturated heterocycles. The quantitative estimate of drug-likeness (QED) is 0.395. The summed E-state index contributed by atoms with van der Waals surface area (Å²) in [5.41, 5.74) is 1.83. The Morgan fingerprint density at radius 1 is 1.13 bits per heavy atom. The van der Waals surface area contributed by atoms with E-state index in [0.717, 1.165) is 9.47 Å². The van der Waals surface area contributed by atoms with Gasteiger partial charge in [0, 0.05) is 34.2 Å². The first-order valence-electron chi connectivity index (χ1n) is 9.13. The summed E-state index contributed by atoms with van der Waals surface area (Å²) in [6.45, 7) is 1.76. The van der Waals surface area contributed by atoms with Crippen LogP contribution in [0.2, 0.25) is 5.02 Å². The van der Waals surface area contributed by atoms with E-state index in [9.17, 15) is 14.0 Å². The summed E-state index contributed by atoms with van der Waals surface area (Å²) in [4.78, 5) is 29.6. The van der Waals surface area contributed by atoms with Crippen LogP contribution in [0.1, 0.15) is 11.5 Å². The average Bonchev–Trinajstić information content (AvgIpc) is 3.11. The molecular weight excluding hydrogens is 443 g/mol. The van der Waals surface area contributed by atoms with E-state index >= 15 is 0 Å². The summed E-state index contributed by atoms with van der Waals surface area (Å²) in [6, 6.07) is 13.8. The molecule has 4 rings (SSSR count). The molecule has 0 aliphatic rings. The Balaban J connectivity index is 1.35. The number of aromatic nitrogens is 2. The lowest BCUT2D eigenvalue weighted by Gasteiger charge is -2.09. The van der Waals surface area contributed by atoms with Gasteiger partial charge in [0.2, 0.25) is 0 Å². The number of urea groups is 1. The number of anilines is 2. The molecule has 31 heavy (non-hydrogen) atoms. The van der Waals surface area contributed by atoms with Crippen molar-refractivity contribution in [3.05, 3.63) is 87.2 Å². The van der Waals surface area contributed by atoms with Crippen LogP contribution in [0.4, 0.5) is 20.6 Å². The molecule has 158 valence electrons. The van der Waals surface area contributed by atoms with Crippen LogP contribution >= 0.6 is 23.4 Å². The molecule has 0 aliphatic heterocycles. The van der Waals surface area contributed by atoms with Gasteiger partial charge in [-0.15, -0.1) is 16.3 Å². The SMILES string of the molecule is Cc1cc2nc(CSc3ccc(NC(=O)Nc4ccc(F)c(Cl)c4)cc3)cc(=O)n2o1. The van der Waals surface area contributed by atoms with Crippen molar-refractivity contribution in [1.82, 2.24) is 9.56 Å². The van der Waals surface area contributed by atoms with Crippen LogP contribution in [0.5, 0.6) is 0 Å². The van der Waals surface area contributed by atoms with Crippen LogP contribution < -0.4 is 16.2 Å². The van der Waals surface area contributed by atoms with Crippen molar-refractivity contribution in [2.24, 2.45) is 0 Å².